The second-order valence-corrected chi connectivity index (χ2v) is 3.05. The van der Waals surface area contributed by atoms with E-state index < -0.39 is 0 Å². The van der Waals surface area contributed by atoms with Crippen molar-refractivity contribution in [2.45, 2.75) is 13.8 Å². The van der Waals surface area contributed by atoms with Crippen molar-refractivity contribution in [1.29, 1.82) is 0 Å². The van der Waals surface area contributed by atoms with Gasteiger partial charge in [0.2, 0.25) is 0 Å². The summed E-state index contributed by atoms with van der Waals surface area (Å²) in [5.41, 5.74) is 6.31. The molecule has 0 bridgehead atoms. The molecule has 0 aliphatic rings. The fraction of sp³-hybridized carbons (Fsp3) is 0.375. The summed E-state index contributed by atoms with van der Waals surface area (Å²) in [4.78, 5) is 4.10. The zero-order valence-electron chi connectivity index (χ0n) is 7.20. The average Bonchev–Trinajstić information content (AvgIpc) is 2.47. The molecule has 2 N–H and O–H groups in total. The number of anilines is 1. The smallest absolute Gasteiger partial charge is 0.180 e. The van der Waals surface area contributed by atoms with Gasteiger partial charge in [0, 0.05) is 5.38 Å². The van der Waals surface area contributed by atoms with Crippen molar-refractivity contribution in [3.05, 3.63) is 17.2 Å². The molecule has 12 heavy (non-hydrogen) atoms. The topological polar surface area (TPSA) is 48.1 Å². The quantitative estimate of drug-likeness (QED) is 0.732. The van der Waals surface area contributed by atoms with Crippen LogP contribution in [0, 0.1) is 0 Å². The molecule has 3 nitrogen and oxygen atoms in total. The monoisotopic (exact) mass is 184 g/mol. The number of allylic oxidation sites excluding steroid dienone is 1. The predicted molar refractivity (Wildman–Crippen MR) is 51.8 cm³/mol. The molecule has 0 aliphatic carbocycles. The first-order valence-corrected chi connectivity index (χ1v) is 4.66. The lowest BCUT2D eigenvalue weighted by Crippen LogP contribution is -1.92. The van der Waals surface area contributed by atoms with Crippen LogP contribution in [0.25, 0.3) is 5.76 Å². The van der Waals surface area contributed by atoms with Gasteiger partial charge in [-0.15, -0.1) is 11.3 Å². The lowest BCUT2D eigenvalue weighted by Gasteiger charge is -2.03. The van der Waals surface area contributed by atoms with Crippen LogP contribution in [0.4, 0.5) is 5.13 Å². The Balaban J connectivity index is 2.81. The van der Waals surface area contributed by atoms with Crippen molar-refractivity contribution >= 4 is 22.2 Å². The molecule has 0 unspecified atom stereocenters. The third kappa shape index (κ3) is 1.98. The fourth-order valence-corrected chi connectivity index (χ4v) is 1.41. The number of hydrogen-bond acceptors (Lipinski definition) is 4. The Kier molecular flexibility index (Phi) is 3.10. The summed E-state index contributed by atoms with van der Waals surface area (Å²) in [5, 5.41) is 2.46. The molecule has 0 atom stereocenters. The number of rotatable bonds is 3. The highest BCUT2D eigenvalue weighted by molar-refractivity contribution is 7.13. The van der Waals surface area contributed by atoms with Crippen LogP contribution in [-0.4, -0.2) is 11.6 Å². The van der Waals surface area contributed by atoms with E-state index in [1.807, 2.05) is 25.3 Å². The van der Waals surface area contributed by atoms with Crippen molar-refractivity contribution in [1.82, 2.24) is 4.98 Å². The molecule has 0 saturated heterocycles. The van der Waals surface area contributed by atoms with Gasteiger partial charge in [-0.05, 0) is 19.9 Å². The molecular weight excluding hydrogens is 172 g/mol. The highest BCUT2D eigenvalue weighted by atomic mass is 32.1. The van der Waals surface area contributed by atoms with Crippen molar-refractivity contribution in [3.8, 4) is 0 Å². The van der Waals surface area contributed by atoms with Crippen LogP contribution in [0.1, 0.15) is 19.5 Å². The highest BCUT2D eigenvalue weighted by Gasteiger charge is 2.04. The zero-order valence-corrected chi connectivity index (χ0v) is 8.02. The Hall–Kier alpha value is -1.03. The Labute approximate surface area is 75.9 Å². The third-order valence-corrected chi connectivity index (χ3v) is 2.01. The molecule has 1 aromatic heterocycles. The van der Waals surface area contributed by atoms with Gasteiger partial charge in [0.05, 0.1) is 6.61 Å². The molecule has 0 saturated carbocycles. The summed E-state index contributed by atoms with van der Waals surface area (Å²) in [6.07, 6.45) is 1.89. The van der Waals surface area contributed by atoms with E-state index >= 15 is 0 Å². The normalized spacial score (nSPS) is 11.7. The van der Waals surface area contributed by atoms with E-state index in [0.29, 0.717) is 11.7 Å². The van der Waals surface area contributed by atoms with Gasteiger partial charge in [0.25, 0.3) is 0 Å². The van der Waals surface area contributed by atoms with Gasteiger partial charge in [-0.2, -0.15) is 0 Å². The van der Waals surface area contributed by atoms with Gasteiger partial charge in [0.1, 0.15) is 11.5 Å². The highest BCUT2D eigenvalue weighted by Crippen LogP contribution is 2.19. The van der Waals surface area contributed by atoms with Gasteiger partial charge in [-0.3, -0.25) is 0 Å². The first kappa shape index (κ1) is 9.06. The minimum Gasteiger partial charge on any atom is -0.492 e. The Morgan fingerprint density at radius 2 is 2.58 bits per heavy atom. The number of aromatic nitrogens is 1. The zero-order chi connectivity index (χ0) is 8.97. The summed E-state index contributed by atoms with van der Waals surface area (Å²) in [6, 6.07) is 0. The van der Waals surface area contributed by atoms with Gasteiger partial charge < -0.3 is 10.5 Å². The van der Waals surface area contributed by atoms with E-state index in [0.717, 1.165) is 11.5 Å². The van der Waals surface area contributed by atoms with Gasteiger partial charge in [0.15, 0.2) is 5.13 Å². The van der Waals surface area contributed by atoms with Crippen molar-refractivity contribution in [2.75, 3.05) is 12.3 Å². The molecule has 0 aromatic carbocycles. The van der Waals surface area contributed by atoms with Crippen LogP contribution >= 0.6 is 11.3 Å². The lowest BCUT2D eigenvalue weighted by atomic mass is 10.4. The van der Waals surface area contributed by atoms with E-state index in [4.69, 9.17) is 10.5 Å². The average molecular weight is 184 g/mol. The lowest BCUT2D eigenvalue weighted by molar-refractivity contribution is 0.296. The van der Waals surface area contributed by atoms with Crippen LogP contribution < -0.4 is 5.73 Å². The van der Waals surface area contributed by atoms with E-state index in [1.165, 1.54) is 11.3 Å². The molecule has 1 aromatic rings. The van der Waals surface area contributed by atoms with Crippen molar-refractivity contribution in [2.24, 2.45) is 0 Å². The molecule has 0 aliphatic heterocycles. The van der Waals surface area contributed by atoms with E-state index in [2.05, 4.69) is 4.98 Å². The SMILES string of the molecule is C/C=C(\OCC)c1csc(N)n1. The number of hydrogen-bond donors (Lipinski definition) is 1. The van der Waals surface area contributed by atoms with Gasteiger partial charge in [-0.25, -0.2) is 4.98 Å². The van der Waals surface area contributed by atoms with E-state index in [9.17, 15) is 0 Å². The van der Waals surface area contributed by atoms with Gasteiger partial charge >= 0.3 is 0 Å². The van der Waals surface area contributed by atoms with Gasteiger partial charge in [-0.1, -0.05) is 0 Å². The molecule has 0 spiro atoms. The Morgan fingerprint density at radius 1 is 1.83 bits per heavy atom. The fourth-order valence-electron chi connectivity index (χ4n) is 0.861. The second kappa shape index (κ2) is 4.11. The maximum Gasteiger partial charge on any atom is 0.180 e. The molecule has 0 radical (unpaired) electrons. The van der Waals surface area contributed by atoms with Crippen LogP contribution in [0.15, 0.2) is 11.5 Å². The molecule has 4 heteroatoms. The molecular formula is C8H12N2OS. The summed E-state index contributed by atoms with van der Waals surface area (Å²) in [7, 11) is 0. The number of nitrogens with zero attached hydrogens (tertiary/aromatic N) is 1. The van der Waals surface area contributed by atoms with Crippen LogP contribution in [-0.2, 0) is 4.74 Å². The Morgan fingerprint density at radius 3 is 3.00 bits per heavy atom. The number of nitrogens with two attached hydrogens (primary N) is 1. The minimum atomic E-state index is 0.573. The van der Waals surface area contributed by atoms with Crippen LogP contribution in [0.3, 0.4) is 0 Å². The predicted octanol–water partition coefficient (Wildman–Crippen LogP) is 2.12. The molecule has 1 rings (SSSR count). The Bertz CT molecular complexity index is 280. The van der Waals surface area contributed by atoms with Crippen LogP contribution in [0.5, 0.6) is 0 Å². The summed E-state index contributed by atoms with van der Waals surface area (Å²) in [6.45, 7) is 4.51. The van der Waals surface area contributed by atoms with Crippen molar-refractivity contribution < 1.29 is 4.74 Å². The molecule has 1 heterocycles. The molecule has 66 valence electrons. The third-order valence-electron chi connectivity index (χ3n) is 1.34. The first-order valence-electron chi connectivity index (χ1n) is 3.78. The largest absolute Gasteiger partial charge is 0.492 e. The second-order valence-electron chi connectivity index (χ2n) is 2.16. The standard InChI is InChI=1S/C8H12N2OS/c1-3-7(11-4-2)6-5-12-8(9)10-6/h3,5H,4H2,1-2H3,(H2,9,10)/b7-3-. The van der Waals surface area contributed by atoms with Crippen molar-refractivity contribution in [3.63, 3.8) is 0 Å². The summed E-state index contributed by atoms with van der Waals surface area (Å²) in [5.74, 6) is 0.797. The number of nitrogen functional groups attached to an aromatic ring is 1. The van der Waals surface area contributed by atoms with E-state index in [-0.39, 0.29) is 0 Å². The van der Waals surface area contributed by atoms with E-state index in [1.54, 1.807) is 0 Å². The maximum absolute atomic E-state index is 5.49. The maximum atomic E-state index is 5.49. The molecule has 0 fully saturated rings. The van der Waals surface area contributed by atoms with Crippen LogP contribution in [0.2, 0.25) is 0 Å². The summed E-state index contributed by atoms with van der Waals surface area (Å²) >= 11 is 1.42. The number of thiazole rings is 1. The number of ether oxygens (including phenoxy) is 1. The summed E-state index contributed by atoms with van der Waals surface area (Å²) < 4.78 is 5.34. The molecule has 0 amide bonds. The first-order chi connectivity index (χ1) is 5.77. The minimum absolute atomic E-state index is 0.573.